The molecule has 0 saturated carbocycles. The molecule has 0 spiro atoms. The molecule has 0 amide bonds. The summed E-state index contributed by atoms with van der Waals surface area (Å²) in [5.74, 6) is 0.774. The third-order valence-electron chi connectivity index (χ3n) is 4.30. The van der Waals surface area contributed by atoms with Gasteiger partial charge in [0.05, 0.1) is 7.11 Å². The molecule has 3 rings (SSSR count). The molecule has 0 unspecified atom stereocenters. The standard InChI is InChI=1S/C23H22O2/c1-15-5-10-21(19-12-16(2)11-17(3)13-19)22(14-15)23(24)18-6-8-20(25-4)9-7-18/h5-14H,1-4H3. The highest BCUT2D eigenvalue weighted by molar-refractivity contribution is 6.13. The Morgan fingerprint density at radius 3 is 2.00 bits per heavy atom. The summed E-state index contributed by atoms with van der Waals surface area (Å²) in [5.41, 5.74) is 6.90. The van der Waals surface area contributed by atoms with E-state index in [9.17, 15) is 4.79 Å². The third-order valence-corrected chi connectivity index (χ3v) is 4.30. The summed E-state index contributed by atoms with van der Waals surface area (Å²) >= 11 is 0. The molecule has 0 bridgehead atoms. The van der Waals surface area contributed by atoms with Crippen molar-refractivity contribution in [2.24, 2.45) is 0 Å². The molecule has 0 aliphatic rings. The Labute approximate surface area is 149 Å². The Morgan fingerprint density at radius 2 is 1.40 bits per heavy atom. The number of methoxy groups -OCH3 is 1. The van der Waals surface area contributed by atoms with Crippen LogP contribution >= 0.6 is 0 Å². The fourth-order valence-electron chi connectivity index (χ4n) is 3.13. The highest BCUT2D eigenvalue weighted by Gasteiger charge is 2.16. The maximum Gasteiger partial charge on any atom is 0.193 e. The average Bonchev–Trinajstić information content (AvgIpc) is 2.60. The number of ketones is 1. The van der Waals surface area contributed by atoms with E-state index in [2.05, 4.69) is 38.1 Å². The van der Waals surface area contributed by atoms with Crippen LogP contribution in [0.15, 0.2) is 60.7 Å². The number of ether oxygens (including phenoxy) is 1. The van der Waals surface area contributed by atoms with Gasteiger partial charge in [-0.25, -0.2) is 0 Å². The van der Waals surface area contributed by atoms with Crippen LogP contribution in [-0.2, 0) is 0 Å². The second-order valence-electron chi connectivity index (χ2n) is 6.48. The van der Waals surface area contributed by atoms with Crippen LogP contribution in [0.3, 0.4) is 0 Å². The molecule has 2 nitrogen and oxygen atoms in total. The van der Waals surface area contributed by atoms with Crippen LogP contribution in [-0.4, -0.2) is 12.9 Å². The van der Waals surface area contributed by atoms with Crippen LogP contribution in [0, 0.1) is 20.8 Å². The first-order valence-corrected chi connectivity index (χ1v) is 8.36. The molecule has 0 N–H and O–H groups in total. The maximum atomic E-state index is 13.1. The zero-order valence-electron chi connectivity index (χ0n) is 15.1. The first-order valence-electron chi connectivity index (χ1n) is 8.36. The van der Waals surface area contributed by atoms with Gasteiger partial charge in [0.25, 0.3) is 0 Å². The molecule has 0 fully saturated rings. The number of aryl methyl sites for hydroxylation is 3. The Balaban J connectivity index is 2.11. The molecule has 0 radical (unpaired) electrons. The Morgan fingerprint density at radius 1 is 0.760 bits per heavy atom. The van der Waals surface area contributed by atoms with E-state index in [0.29, 0.717) is 5.56 Å². The quantitative estimate of drug-likeness (QED) is 0.589. The average molecular weight is 330 g/mol. The normalized spacial score (nSPS) is 10.6. The number of hydrogen-bond donors (Lipinski definition) is 0. The minimum atomic E-state index is 0.0283. The number of carbonyl (C=O) groups is 1. The van der Waals surface area contributed by atoms with E-state index in [1.165, 1.54) is 11.1 Å². The second-order valence-corrected chi connectivity index (χ2v) is 6.48. The highest BCUT2D eigenvalue weighted by atomic mass is 16.5. The summed E-state index contributed by atoms with van der Waals surface area (Å²) in [4.78, 5) is 13.1. The zero-order valence-corrected chi connectivity index (χ0v) is 15.1. The van der Waals surface area contributed by atoms with Crippen molar-refractivity contribution < 1.29 is 9.53 Å². The van der Waals surface area contributed by atoms with Gasteiger partial charge >= 0.3 is 0 Å². The molecule has 3 aromatic carbocycles. The van der Waals surface area contributed by atoms with E-state index in [4.69, 9.17) is 4.74 Å². The minimum absolute atomic E-state index is 0.0283. The predicted octanol–water partition coefficient (Wildman–Crippen LogP) is 5.52. The van der Waals surface area contributed by atoms with Crippen molar-refractivity contribution in [3.63, 3.8) is 0 Å². The summed E-state index contributed by atoms with van der Waals surface area (Å²) in [6, 6.07) is 19.7. The van der Waals surface area contributed by atoms with Gasteiger partial charge in [0.2, 0.25) is 0 Å². The van der Waals surface area contributed by atoms with Crippen molar-refractivity contribution in [2.75, 3.05) is 7.11 Å². The molecular formula is C23H22O2. The Bertz CT molecular complexity index is 901. The van der Waals surface area contributed by atoms with Gasteiger partial charge < -0.3 is 4.74 Å². The molecule has 3 aromatic rings. The van der Waals surface area contributed by atoms with E-state index in [1.54, 1.807) is 7.11 Å². The minimum Gasteiger partial charge on any atom is -0.497 e. The van der Waals surface area contributed by atoms with Gasteiger partial charge in [0.1, 0.15) is 5.75 Å². The Hall–Kier alpha value is -2.87. The zero-order chi connectivity index (χ0) is 18.0. The molecule has 126 valence electrons. The number of rotatable bonds is 4. The van der Waals surface area contributed by atoms with Crippen molar-refractivity contribution in [1.29, 1.82) is 0 Å². The summed E-state index contributed by atoms with van der Waals surface area (Å²) < 4.78 is 5.18. The van der Waals surface area contributed by atoms with Gasteiger partial charge in [0, 0.05) is 11.1 Å². The van der Waals surface area contributed by atoms with Gasteiger partial charge in [0.15, 0.2) is 5.78 Å². The molecule has 25 heavy (non-hydrogen) atoms. The summed E-state index contributed by atoms with van der Waals surface area (Å²) in [7, 11) is 1.62. The van der Waals surface area contributed by atoms with Crippen molar-refractivity contribution in [3.8, 4) is 16.9 Å². The van der Waals surface area contributed by atoms with Crippen LogP contribution in [0.1, 0.15) is 32.6 Å². The largest absolute Gasteiger partial charge is 0.497 e. The molecule has 0 aromatic heterocycles. The number of benzene rings is 3. The van der Waals surface area contributed by atoms with Crippen molar-refractivity contribution in [2.45, 2.75) is 20.8 Å². The summed E-state index contributed by atoms with van der Waals surface area (Å²) in [5, 5.41) is 0. The van der Waals surface area contributed by atoms with Gasteiger partial charge in [-0.05, 0) is 62.2 Å². The van der Waals surface area contributed by atoms with Crippen LogP contribution in [0.4, 0.5) is 0 Å². The lowest BCUT2D eigenvalue weighted by atomic mass is 9.91. The molecular weight excluding hydrogens is 308 g/mol. The van der Waals surface area contributed by atoms with Gasteiger partial charge in [-0.3, -0.25) is 4.79 Å². The fourth-order valence-corrected chi connectivity index (χ4v) is 3.13. The van der Waals surface area contributed by atoms with E-state index < -0.39 is 0 Å². The van der Waals surface area contributed by atoms with Crippen molar-refractivity contribution >= 4 is 5.78 Å². The molecule has 2 heteroatoms. The smallest absolute Gasteiger partial charge is 0.193 e. The van der Waals surface area contributed by atoms with Crippen molar-refractivity contribution in [1.82, 2.24) is 0 Å². The van der Waals surface area contributed by atoms with Crippen molar-refractivity contribution in [3.05, 3.63) is 88.5 Å². The SMILES string of the molecule is COc1ccc(C(=O)c2cc(C)ccc2-c2cc(C)cc(C)c2)cc1. The van der Waals surface area contributed by atoms with E-state index >= 15 is 0 Å². The topological polar surface area (TPSA) is 26.3 Å². The lowest BCUT2D eigenvalue weighted by molar-refractivity contribution is 0.103. The van der Waals surface area contributed by atoms with Gasteiger partial charge in [-0.1, -0.05) is 47.0 Å². The molecule has 0 saturated heterocycles. The fraction of sp³-hybridized carbons (Fsp3) is 0.174. The Kier molecular flexibility index (Phi) is 4.71. The number of carbonyl (C=O) groups excluding carboxylic acids is 1. The first-order chi connectivity index (χ1) is 12.0. The monoisotopic (exact) mass is 330 g/mol. The van der Waals surface area contributed by atoms with E-state index in [-0.39, 0.29) is 5.78 Å². The van der Waals surface area contributed by atoms with Crippen LogP contribution in [0.2, 0.25) is 0 Å². The predicted molar refractivity (Wildman–Crippen MR) is 103 cm³/mol. The molecule has 0 atom stereocenters. The molecule has 0 aliphatic heterocycles. The molecule has 0 aliphatic carbocycles. The lowest BCUT2D eigenvalue weighted by Gasteiger charge is -2.12. The van der Waals surface area contributed by atoms with Crippen LogP contribution in [0.25, 0.3) is 11.1 Å². The maximum absolute atomic E-state index is 13.1. The van der Waals surface area contributed by atoms with E-state index in [1.807, 2.05) is 43.3 Å². The number of hydrogen-bond acceptors (Lipinski definition) is 2. The van der Waals surface area contributed by atoms with Crippen LogP contribution < -0.4 is 4.74 Å². The van der Waals surface area contributed by atoms with Gasteiger partial charge in [-0.15, -0.1) is 0 Å². The van der Waals surface area contributed by atoms with Crippen LogP contribution in [0.5, 0.6) is 5.75 Å². The summed E-state index contributed by atoms with van der Waals surface area (Å²) in [6.07, 6.45) is 0. The summed E-state index contributed by atoms with van der Waals surface area (Å²) in [6.45, 7) is 6.17. The second kappa shape index (κ2) is 6.94. The molecule has 0 heterocycles. The lowest BCUT2D eigenvalue weighted by Crippen LogP contribution is -2.04. The first kappa shape index (κ1) is 17.0. The van der Waals surface area contributed by atoms with Gasteiger partial charge in [-0.2, -0.15) is 0 Å². The highest BCUT2D eigenvalue weighted by Crippen LogP contribution is 2.29. The third kappa shape index (κ3) is 3.63. The van der Waals surface area contributed by atoms with E-state index in [0.717, 1.165) is 28.0 Å².